The summed E-state index contributed by atoms with van der Waals surface area (Å²) in [7, 11) is 0. The molecule has 0 aromatic carbocycles. The van der Waals surface area contributed by atoms with E-state index in [2.05, 4.69) is 18.3 Å². The summed E-state index contributed by atoms with van der Waals surface area (Å²) in [6.45, 7) is 4.26. The Morgan fingerprint density at radius 3 is 2.70 bits per heavy atom. The Bertz CT molecular complexity index is 344. The van der Waals surface area contributed by atoms with Crippen molar-refractivity contribution in [3.8, 4) is 0 Å². The van der Waals surface area contributed by atoms with E-state index >= 15 is 0 Å². The maximum atomic E-state index is 10.5. The molecule has 3 unspecified atom stereocenters. The predicted octanol–water partition coefficient (Wildman–Crippen LogP) is 3.74. The van der Waals surface area contributed by atoms with Crippen LogP contribution in [-0.4, -0.2) is 35.4 Å². The lowest BCUT2D eigenvalue weighted by atomic mass is 9.90. The summed E-state index contributed by atoms with van der Waals surface area (Å²) in [6.07, 6.45) is 13.9. The molecule has 3 atom stereocenters. The molecule has 4 nitrogen and oxygen atoms in total. The van der Waals surface area contributed by atoms with Crippen LogP contribution in [0, 0.1) is 11.8 Å². The third-order valence-corrected chi connectivity index (χ3v) is 4.79. The van der Waals surface area contributed by atoms with E-state index in [0.717, 1.165) is 45.2 Å². The van der Waals surface area contributed by atoms with Gasteiger partial charge in [-0.1, -0.05) is 57.6 Å². The maximum Gasteiger partial charge on any atom is 0.303 e. The molecule has 1 heterocycles. The van der Waals surface area contributed by atoms with E-state index in [9.17, 15) is 9.90 Å². The largest absolute Gasteiger partial charge is 0.481 e. The number of hydrogen-bond acceptors (Lipinski definition) is 3. The van der Waals surface area contributed by atoms with Crippen LogP contribution >= 0.6 is 0 Å². The first-order chi connectivity index (χ1) is 11.1. The van der Waals surface area contributed by atoms with Crippen LogP contribution in [-0.2, 0) is 4.79 Å². The van der Waals surface area contributed by atoms with Gasteiger partial charge in [-0.25, -0.2) is 0 Å². The number of aliphatic carboxylic acids is 1. The number of carbonyl (C=O) groups is 1. The minimum atomic E-state index is -0.687. The van der Waals surface area contributed by atoms with Gasteiger partial charge in [0.05, 0.1) is 6.10 Å². The molecule has 1 rings (SSSR count). The van der Waals surface area contributed by atoms with Crippen LogP contribution in [0.25, 0.3) is 0 Å². The Kier molecular flexibility index (Phi) is 11.0. The van der Waals surface area contributed by atoms with Gasteiger partial charge in [0.1, 0.15) is 0 Å². The first kappa shape index (κ1) is 20.2. The highest BCUT2D eigenvalue weighted by atomic mass is 16.4. The van der Waals surface area contributed by atoms with Gasteiger partial charge in [0, 0.05) is 13.0 Å². The van der Waals surface area contributed by atoms with E-state index in [-0.39, 0.29) is 6.10 Å². The molecule has 0 saturated carbocycles. The third kappa shape index (κ3) is 9.77. The molecule has 1 aliphatic rings. The zero-order valence-electron chi connectivity index (χ0n) is 14.7. The standard InChI is InChI=1S/C19H35NO3/c1-2-3-6-10-18(21)13-12-17-15-20-14-16(17)9-7-4-5-8-11-19(22)23/h12-13,16-18,20-21H,2-11,14-15H2,1H3,(H,22,23)/b13-12+. The molecule has 23 heavy (non-hydrogen) atoms. The lowest BCUT2D eigenvalue weighted by Crippen LogP contribution is -2.11. The summed E-state index contributed by atoms with van der Waals surface area (Å²) in [5.41, 5.74) is 0. The second kappa shape index (κ2) is 12.5. The number of rotatable bonds is 13. The van der Waals surface area contributed by atoms with Crippen LogP contribution in [0.1, 0.15) is 71.1 Å². The quantitative estimate of drug-likeness (QED) is 0.356. The Hall–Kier alpha value is -0.870. The van der Waals surface area contributed by atoms with Gasteiger partial charge in [0.15, 0.2) is 0 Å². The van der Waals surface area contributed by atoms with Crippen LogP contribution < -0.4 is 5.32 Å². The van der Waals surface area contributed by atoms with Gasteiger partial charge in [-0.05, 0) is 37.6 Å². The van der Waals surface area contributed by atoms with Gasteiger partial charge in [0.2, 0.25) is 0 Å². The summed E-state index contributed by atoms with van der Waals surface area (Å²) in [5, 5.41) is 22.1. The Morgan fingerprint density at radius 1 is 1.17 bits per heavy atom. The van der Waals surface area contributed by atoms with Gasteiger partial charge in [-0.15, -0.1) is 0 Å². The second-order valence-corrected chi connectivity index (χ2v) is 6.88. The fourth-order valence-electron chi connectivity index (χ4n) is 3.30. The van der Waals surface area contributed by atoms with Gasteiger partial charge in [0.25, 0.3) is 0 Å². The van der Waals surface area contributed by atoms with E-state index < -0.39 is 5.97 Å². The van der Waals surface area contributed by atoms with Crippen molar-refractivity contribution in [1.82, 2.24) is 5.32 Å². The first-order valence-corrected chi connectivity index (χ1v) is 9.42. The molecular weight excluding hydrogens is 290 g/mol. The lowest BCUT2D eigenvalue weighted by molar-refractivity contribution is -0.137. The van der Waals surface area contributed by atoms with E-state index in [0.29, 0.717) is 18.3 Å². The average molecular weight is 325 g/mol. The SMILES string of the molecule is CCCCCC(O)/C=C/C1CNCC1CCCCCCC(=O)O. The van der Waals surface area contributed by atoms with Crippen molar-refractivity contribution < 1.29 is 15.0 Å². The monoisotopic (exact) mass is 325 g/mol. The Balaban J connectivity index is 2.16. The molecular formula is C19H35NO3. The third-order valence-electron chi connectivity index (χ3n) is 4.79. The topological polar surface area (TPSA) is 69.6 Å². The van der Waals surface area contributed by atoms with Crippen LogP contribution in [0.3, 0.4) is 0 Å². The molecule has 1 saturated heterocycles. The number of hydrogen-bond donors (Lipinski definition) is 3. The van der Waals surface area contributed by atoms with Gasteiger partial charge in [-0.2, -0.15) is 0 Å². The van der Waals surface area contributed by atoms with Crippen molar-refractivity contribution in [2.45, 2.75) is 77.2 Å². The number of carboxylic acid groups (broad SMARTS) is 1. The molecule has 4 heteroatoms. The lowest BCUT2D eigenvalue weighted by Gasteiger charge is -2.15. The van der Waals surface area contributed by atoms with Crippen LogP contribution in [0.4, 0.5) is 0 Å². The number of aliphatic hydroxyl groups is 1. The molecule has 3 N–H and O–H groups in total. The molecule has 0 aromatic heterocycles. The highest BCUT2D eigenvalue weighted by Crippen LogP contribution is 2.24. The number of nitrogens with one attached hydrogen (secondary N) is 1. The summed E-state index contributed by atoms with van der Waals surface area (Å²) in [6, 6.07) is 0. The predicted molar refractivity (Wildman–Crippen MR) is 94.5 cm³/mol. The minimum absolute atomic E-state index is 0.293. The van der Waals surface area contributed by atoms with Crippen molar-refractivity contribution in [2.75, 3.05) is 13.1 Å². The fourth-order valence-corrected chi connectivity index (χ4v) is 3.30. The fraction of sp³-hybridized carbons (Fsp3) is 0.842. The molecule has 0 bridgehead atoms. The van der Waals surface area contributed by atoms with E-state index in [1.807, 2.05) is 6.08 Å². The minimum Gasteiger partial charge on any atom is -0.481 e. The van der Waals surface area contributed by atoms with E-state index in [4.69, 9.17) is 5.11 Å². The highest BCUT2D eigenvalue weighted by molar-refractivity contribution is 5.66. The average Bonchev–Trinajstić information content (AvgIpc) is 2.96. The van der Waals surface area contributed by atoms with Crippen LogP contribution in [0.2, 0.25) is 0 Å². The second-order valence-electron chi connectivity index (χ2n) is 6.88. The highest BCUT2D eigenvalue weighted by Gasteiger charge is 2.24. The van der Waals surface area contributed by atoms with Gasteiger partial charge in [-0.3, -0.25) is 4.79 Å². The Labute approximate surface area is 141 Å². The number of unbranched alkanes of at least 4 members (excludes halogenated alkanes) is 5. The molecule has 0 aromatic rings. The molecule has 1 fully saturated rings. The zero-order valence-corrected chi connectivity index (χ0v) is 14.7. The summed E-state index contributed by atoms with van der Waals surface area (Å²) >= 11 is 0. The summed E-state index contributed by atoms with van der Waals surface area (Å²) in [5.74, 6) is 0.510. The van der Waals surface area contributed by atoms with Crippen LogP contribution in [0.15, 0.2) is 12.2 Å². The number of carboxylic acids is 1. The zero-order chi connectivity index (χ0) is 16.9. The van der Waals surface area contributed by atoms with Crippen LogP contribution in [0.5, 0.6) is 0 Å². The van der Waals surface area contributed by atoms with E-state index in [1.54, 1.807) is 0 Å². The normalized spacial score (nSPS) is 22.7. The maximum absolute atomic E-state index is 10.5. The summed E-state index contributed by atoms with van der Waals surface area (Å²) in [4.78, 5) is 10.5. The molecule has 0 amide bonds. The van der Waals surface area contributed by atoms with Crippen molar-refractivity contribution >= 4 is 5.97 Å². The molecule has 134 valence electrons. The number of aliphatic hydroxyl groups excluding tert-OH is 1. The van der Waals surface area contributed by atoms with Crippen molar-refractivity contribution in [3.63, 3.8) is 0 Å². The molecule has 0 radical (unpaired) electrons. The smallest absolute Gasteiger partial charge is 0.303 e. The van der Waals surface area contributed by atoms with Gasteiger partial charge >= 0.3 is 5.97 Å². The molecule has 1 aliphatic heterocycles. The molecule has 0 aliphatic carbocycles. The summed E-state index contributed by atoms with van der Waals surface area (Å²) < 4.78 is 0. The van der Waals surface area contributed by atoms with Crippen molar-refractivity contribution in [3.05, 3.63) is 12.2 Å². The first-order valence-electron chi connectivity index (χ1n) is 9.42. The van der Waals surface area contributed by atoms with Crippen molar-refractivity contribution in [2.24, 2.45) is 11.8 Å². The Morgan fingerprint density at radius 2 is 1.96 bits per heavy atom. The van der Waals surface area contributed by atoms with Crippen molar-refractivity contribution in [1.29, 1.82) is 0 Å². The van der Waals surface area contributed by atoms with Gasteiger partial charge < -0.3 is 15.5 Å². The molecule has 0 spiro atoms. The van der Waals surface area contributed by atoms with E-state index in [1.165, 1.54) is 25.7 Å².